The van der Waals surface area contributed by atoms with Crippen LogP contribution >= 0.6 is 24.0 Å². The minimum absolute atomic E-state index is 0.113. The molecule has 1 saturated carbocycles. The second kappa shape index (κ2) is 10.7. The summed E-state index contributed by atoms with van der Waals surface area (Å²) in [5, 5.41) is 0. The van der Waals surface area contributed by atoms with E-state index in [0.717, 1.165) is 36.9 Å². The van der Waals surface area contributed by atoms with Crippen molar-refractivity contribution in [2.45, 2.75) is 45.1 Å². The Bertz CT molecular complexity index is 1520. The maximum atomic E-state index is 13.9. The van der Waals surface area contributed by atoms with Gasteiger partial charge in [-0.05, 0) is 61.7 Å². The van der Waals surface area contributed by atoms with E-state index in [-0.39, 0.29) is 23.3 Å². The highest BCUT2D eigenvalue weighted by Gasteiger charge is 2.38. The second-order valence-electron chi connectivity index (χ2n) is 10.3. The number of carbonyl (C=O) groups is 1. The summed E-state index contributed by atoms with van der Waals surface area (Å²) < 4.78 is 15.5. The zero-order valence-electron chi connectivity index (χ0n) is 21.8. The van der Waals surface area contributed by atoms with Gasteiger partial charge in [0.1, 0.15) is 21.6 Å². The average Bonchev–Trinajstić information content (AvgIpc) is 3.23. The smallest absolute Gasteiger partial charge is 0.267 e. The standard InChI is InChI=1S/C29H30FN5O2S2/c1-19-6-5-13-34-25(19)31-26(33-16-14-32(15-17-33)21-11-9-20(30)10-12-21)23(27(34)36)18-24-28(37)35(29(38)39-24)22-7-3-2-4-8-22/h5-6,9-13,18,22H,2-4,7-8,14-17H2,1H3/b24-18+. The summed E-state index contributed by atoms with van der Waals surface area (Å²) in [7, 11) is 0. The van der Waals surface area contributed by atoms with Gasteiger partial charge in [0.15, 0.2) is 0 Å². The van der Waals surface area contributed by atoms with Gasteiger partial charge in [-0.25, -0.2) is 9.37 Å². The number of nitrogens with zero attached hydrogens (tertiary/aromatic N) is 5. The van der Waals surface area contributed by atoms with Crippen molar-refractivity contribution in [1.29, 1.82) is 0 Å². The van der Waals surface area contributed by atoms with Gasteiger partial charge in [-0.3, -0.25) is 18.9 Å². The molecule has 0 radical (unpaired) electrons. The van der Waals surface area contributed by atoms with Crippen LogP contribution in [0.1, 0.15) is 43.2 Å². The van der Waals surface area contributed by atoms with Crippen LogP contribution in [0.2, 0.25) is 0 Å². The first-order chi connectivity index (χ1) is 18.9. The molecule has 1 amide bonds. The van der Waals surface area contributed by atoms with E-state index >= 15 is 0 Å². The highest BCUT2D eigenvalue weighted by molar-refractivity contribution is 8.26. The van der Waals surface area contributed by atoms with E-state index in [4.69, 9.17) is 17.2 Å². The Morgan fingerprint density at radius 3 is 2.41 bits per heavy atom. The SMILES string of the molecule is Cc1cccn2c(=O)c(/C=C3/SC(=S)N(C4CCCCC4)C3=O)c(N3CCN(c4ccc(F)cc4)CC3)nc12. The van der Waals surface area contributed by atoms with Crippen LogP contribution in [-0.4, -0.2) is 56.7 Å². The van der Waals surface area contributed by atoms with E-state index in [2.05, 4.69) is 9.80 Å². The molecular formula is C29H30FN5O2S2. The Hall–Kier alpha value is -3.24. The van der Waals surface area contributed by atoms with Gasteiger partial charge in [-0.1, -0.05) is 49.3 Å². The van der Waals surface area contributed by atoms with Crippen molar-refractivity contribution in [2.24, 2.45) is 0 Å². The van der Waals surface area contributed by atoms with E-state index in [0.29, 0.717) is 52.4 Å². The lowest BCUT2D eigenvalue weighted by atomic mass is 9.94. The minimum atomic E-state index is -0.257. The summed E-state index contributed by atoms with van der Waals surface area (Å²) in [5.74, 6) is 0.209. The molecule has 4 heterocycles. The van der Waals surface area contributed by atoms with Gasteiger partial charge in [-0.2, -0.15) is 0 Å². The van der Waals surface area contributed by atoms with Crippen LogP contribution in [0, 0.1) is 12.7 Å². The molecule has 7 nitrogen and oxygen atoms in total. The fraction of sp³-hybridized carbons (Fsp3) is 0.379. The minimum Gasteiger partial charge on any atom is -0.368 e. The van der Waals surface area contributed by atoms with Gasteiger partial charge < -0.3 is 9.80 Å². The number of aromatic nitrogens is 2. The first kappa shape index (κ1) is 26.0. The van der Waals surface area contributed by atoms with Gasteiger partial charge >= 0.3 is 0 Å². The van der Waals surface area contributed by atoms with Crippen LogP contribution in [-0.2, 0) is 4.79 Å². The fourth-order valence-corrected chi connectivity index (χ4v) is 7.14. The zero-order valence-corrected chi connectivity index (χ0v) is 23.4. The molecule has 2 aliphatic heterocycles. The summed E-state index contributed by atoms with van der Waals surface area (Å²) in [4.78, 5) is 38.9. The van der Waals surface area contributed by atoms with Crippen LogP contribution in [0.4, 0.5) is 15.9 Å². The third-order valence-electron chi connectivity index (χ3n) is 7.87. The highest BCUT2D eigenvalue weighted by atomic mass is 32.2. The summed E-state index contributed by atoms with van der Waals surface area (Å²) >= 11 is 6.91. The summed E-state index contributed by atoms with van der Waals surface area (Å²) in [5.41, 5.74) is 2.66. The van der Waals surface area contributed by atoms with E-state index in [1.54, 1.807) is 33.7 Å². The number of fused-ring (bicyclic) bond motifs is 1. The van der Waals surface area contributed by atoms with Gasteiger partial charge in [-0.15, -0.1) is 0 Å². The normalized spacial score (nSPS) is 20.1. The maximum Gasteiger partial charge on any atom is 0.267 e. The number of aryl methyl sites for hydroxylation is 1. The van der Waals surface area contributed by atoms with E-state index in [1.807, 2.05) is 19.1 Å². The van der Waals surface area contributed by atoms with Crippen molar-refractivity contribution in [3.8, 4) is 0 Å². The molecule has 3 aliphatic rings. The molecule has 0 N–H and O–H groups in total. The molecule has 0 unspecified atom stereocenters. The largest absolute Gasteiger partial charge is 0.368 e. The van der Waals surface area contributed by atoms with Gasteiger partial charge in [0.05, 0.1) is 10.5 Å². The van der Waals surface area contributed by atoms with Crippen molar-refractivity contribution >= 4 is 57.4 Å². The lowest BCUT2D eigenvalue weighted by Crippen LogP contribution is -2.47. The summed E-state index contributed by atoms with van der Waals surface area (Å²) in [6.45, 7) is 4.60. The Morgan fingerprint density at radius 2 is 1.69 bits per heavy atom. The molecule has 39 heavy (non-hydrogen) atoms. The van der Waals surface area contributed by atoms with Crippen molar-refractivity contribution in [3.63, 3.8) is 0 Å². The van der Waals surface area contributed by atoms with Crippen molar-refractivity contribution in [2.75, 3.05) is 36.0 Å². The van der Waals surface area contributed by atoms with E-state index in [1.165, 1.54) is 30.3 Å². The molecule has 0 spiro atoms. The molecule has 1 aromatic carbocycles. The molecule has 1 aliphatic carbocycles. The number of hydrogen-bond acceptors (Lipinski definition) is 7. The lowest BCUT2D eigenvalue weighted by Gasteiger charge is -2.37. The molecule has 202 valence electrons. The van der Waals surface area contributed by atoms with Gasteiger partial charge in [0.25, 0.3) is 11.5 Å². The second-order valence-corrected chi connectivity index (χ2v) is 12.0. The van der Waals surface area contributed by atoms with Gasteiger partial charge in [0, 0.05) is 44.1 Å². The maximum absolute atomic E-state index is 13.9. The number of thioether (sulfide) groups is 1. The molecule has 10 heteroatoms. The number of thiocarbonyl (C=S) groups is 1. The van der Waals surface area contributed by atoms with E-state index in [9.17, 15) is 14.0 Å². The predicted octanol–water partition coefficient (Wildman–Crippen LogP) is 5.00. The van der Waals surface area contributed by atoms with E-state index < -0.39 is 0 Å². The monoisotopic (exact) mass is 563 g/mol. The zero-order chi connectivity index (χ0) is 27.1. The number of hydrogen-bond donors (Lipinski definition) is 0. The molecule has 3 fully saturated rings. The molecule has 0 bridgehead atoms. The van der Waals surface area contributed by atoms with Crippen LogP contribution in [0.5, 0.6) is 0 Å². The number of piperazine rings is 1. The highest BCUT2D eigenvalue weighted by Crippen LogP contribution is 2.38. The van der Waals surface area contributed by atoms with Crippen molar-refractivity contribution < 1.29 is 9.18 Å². The van der Waals surface area contributed by atoms with Crippen LogP contribution < -0.4 is 15.4 Å². The third kappa shape index (κ3) is 4.96. The molecule has 0 atom stereocenters. The number of rotatable bonds is 4. The predicted molar refractivity (Wildman–Crippen MR) is 159 cm³/mol. The Balaban J connectivity index is 1.36. The topological polar surface area (TPSA) is 61.2 Å². The first-order valence-corrected chi connectivity index (χ1v) is 14.7. The third-order valence-corrected chi connectivity index (χ3v) is 9.20. The number of carbonyl (C=O) groups excluding carboxylic acids is 1. The Labute approximate surface area is 236 Å². The van der Waals surface area contributed by atoms with Crippen molar-refractivity contribution in [3.05, 3.63) is 74.8 Å². The fourth-order valence-electron chi connectivity index (χ4n) is 5.76. The first-order valence-electron chi connectivity index (χ1n) is 13.5. The summed E-state index contributed by atoms with van der Waals surface area (Å²) in [6, 6.07) is 10.4. The van der Waals surface area contributed by atoms with Gasteiger partial charge in [0.2, 0.25) is 0 Å². The Morgan fingerprint density at radius 1 is 1.00 bits per heavy atom. The quantitative estimate of drug-likeness (QED) is 0.327. The lowest BCUT2D eigenvalue weighted by molar-refractivity contribution is -0.124. The Kier molecular flexibility index (Phi) is 7.16. The number of benzene rings is 1. The number of pyridine rings is 1. The number of amides is 1. The molecule has 2 saturated heterocycles. The number of anilines is 2. The summed E-state index contributed by atoms with van der Waals surface area (Å²) in [6.07, 6.45) is 8.74. The molecule has 2 aromatic heterocycles. The van der Waals surface area contributed by atoms with Crippen LogP contribution in [0.3, 0.4) is 0 Å². The number of halogens is 1. The van der Waals surface area contributed by atoms with Crippen LogP contribution in [0.15, 0.2) is 52.3 Å². The molecule has 6 rings (SSSR count). The molecule has 3 aromatic rings. The average molecular weight is 564 g/mol. The van der Waals surface area contributed by atoms with Crippen LogP contribution in [0.25, 0.3) is 11.7 Å². The van der Waals surface area contributed by atoms with Crippen molar-refractivity contribution in [1.82, 2.24) is 14.3 Å². The molecular weight excluding hydrogens is 533 g/mol.